The highest BCUT2D eigenvalue weighted by molar-refractivity contribution is 5.87. The molecule has 0 bridgehead atoms. The van der Waals surface area contributed by atoms with Crippen LogP contribution in [0.2, 0.25) is 0 Å². The van der Waals surface area contributed by atoms with Crippen LogP contribution in [0.3, 0.4) is 0 Å². The average Bonchev–Trinajstić information content (AvgIpc) is 2.47. The fourth-order valence-corrected chi connectivity index (χ4v) is 1.36. The third kappa shape index (κ3) is 1.20. The predicted octanol–water partition coefficient (Wildman–Crippen LogP) is 2.31. The highest BCUT2D eigenvalue weighted by atomic mass is 16.5. The van der Waals surface area contributed by atoms with E-state index in [4.69, 9.17) is 4.74 Å². The summed E-state index contributed by atoms with van der Waals surface area (Å²) in [7, 11) is 0. The van der Waals surface area contributed by atoms with Crippen LogP contribution in [0.1, 0.15) is 12.5 Å². The van der Waals surface area contributed by atoms with Gasteiger partial charge in [-0.15, -0.1) is 0 Å². The van der Waals surface area contributed by atoms with Crippen molar-refractivity contribution >= 4 is 11.6 Å². The molecule has 1 aromatic rings. The van der Waals surface area contributed by atoms with Crippen molar-refractivity contribution in [3.63, 3.8) is 0 Å². The standard InChI is InChI=1S/C10H11NO/c1-2-12-10-7-8-5-3-4-6-9(8)11-10/h3-6H,2,7H2,1H3. The second-order valence-electron chi connectivity index (χ2n) is 2.74. The van der Waals surface area contributed by atoms with E-state index in [1.165, 1.54) is 5.56 Å². The van der Waals surface area contributed by atoms with Crippen molar-refractivity contribution in [2.45, 2.75) is 13.3 Å². The summed E-state index contributed by atoms with van der Waals surface area (Å²) in [6.07, 6.45) is 0.851. The van der Waals surface area contributed by atoms with Crippen molar-refractivity contribution < 1.29 is 4.74 Å². The van der Waals surface area contributed by atoms with Gasteiger partial charge >= 0.3 is 0 Å². The fourth-order valence-electron chi connectivity index (χ4n) is 1.36. The summed E-state index contributed by atoms with van der Waals surface area (Å²) in [4.78, 5) is 4.34. The van der Waals surface area contributed by atoms with Crippen molar-refractivity contribution in [1.82, 2.24) is 0 Å². The summed E-state index contributed by atoms with van der Waals surface area (Å²) in [5, 5.41) is 0. The topological polar surface area (TPSA) is 21.6 Å². The van der Waals surface area contributed by atoms with Crippen molar-refractivity contribution in [3.8, 4) is 0 Å². The number of hydrogen-bond acceptors (Lipinski definition) is 2. The van der Waals surface area contributed by atoms with E-state index < -0.39 is 0 Å². The van der Waals surface area contributed by atoms with Crippen LogP contribution < -0.4 is 0 Å². The number of benzene rings is 1. The Hall–Kier alpha value is -1.31. The molecule has 2 heteroatoms. The minimum absolute atomic E-state index is 0.701. The summed E-state index contributed by atoms with van der Waals surface area (Å²) in [5.41, 5.74) is 2.32. The van der Waals surface area contributed by atoms with E-state index in [9.17, 15) is 0 Å². The highest BCUT2D eigenvalue weighted by Gasteiger charge is 2.13. The van der Waals surface area contributed by atoms with Crippen LogP contribution in [0.4, 0.5) is 5.69 Å². The molecule has 12 heavy (non-hydrogen) atoms. The van der Waals surface area contributed by atoms with E-state index in [1.807, 2.05) is 25.1 Å². The van der Waals surface area contributed by atoms with Gasteiger partial charge in [0, 0.05) is 0 Å². The number of hydrogen-bond donors (Lipinski definition) is 0. The molecule has 0 aromatic heterocycles. The number of fused-ring (bicyclic) bond motifs is 1. The van der Waals surface area contributed by atoms with Gasteiger partial charge in [0.25, 0.3) is 0 Å². The first-order valence-corrected chi connectivity index (χ1v) is 4.18. The van der Waals surface area contributed by atoms with Crippen LogP contribution in [0.25, 0.3) is 0 Å². The van der Waals surface area contributed by atoms with Crippen molar-refractivity contribution in [1.29, 1.82) is 0 Å². The molecule has 0 amide bonds. The van der Waals surface area contributed by atoms with Gasteiger partial charge in [-0.1, -0.05) is 18.2 Å². The molecular weight excluding hydrogens is 150 g/mol. The smallest absolute Gasteiger partial charge is 0.193 e. The molecule has 0 spiro atoms. The Bertz CT molecular complexity index is 317. The minimum Gasteiger partial charge on any atom is -0.481 e. The molecule has 0 aliphatic carbocycles. The molecule has 1 aliphatic rings. The molecule has 0 radical (unpaired) electrons. The molecule has 0 N–H and O–H groups in total. The molecule has 1 heterocycles. The SMILES string of the molecule is CCOC1=Nc2ccccc2C1. The highest BCUT2D eigenvalue weighted by Crippen LogP contribution is 2.25. The van der Waals surface area contributed by atoms with Crippen LogP contribution in [0, 0.1) is 0 Å². The second kappa shape index (κ2) is 2.97. The van der Waals surface area contributed by atoms with Crippen molar-refractivity contribution in [2.75, 3.05) is 6.61 Å². The molecule has 0 fully saturated rings. The molecule has 0 saturated heterocycles. The molecule has 62 valence electrons. The van der Waals surface area contributed by atoms with E-state index in [2.05, 4.69) is 11.1 Å². The number of rotatable bonds is 1. The third-order valence-electron chi connectivity index (χ3n) is 1.89. The van der Waals surface area contributed by atoms with Crippen LogP contribution in [0.15, 0.2) is 29.3 Å². The lowest BCUT2D eigenvalue weighted by Gasteiger charge is -1.98. The van der Waals surface area contributed by atoms with E-state index in [1.54, 1.807) is 0 Å². The first kappa shape index (κ1) is 7.35. The number of ether oxygens (including phenoxy) is 1. The molecule has 0 saturated carbocycles. The van der Waals surface area contributed by atoms with Gasteiger partial charge in [-0.25, -0.2) is 4.99 Å². The molecule has 1 aliphatic heterocycles. The summed E-state index contributed by atoms with van der Waals surface area (Å²) in [5.74, 6) is 0.846. The molecule has 2 nitrogen and oxygen atoms in total. The van der Waals surface area contributed by atoms with E-state index >= 15 is 0 Å². The zero-order chi connectivity index (χ0) is 8.39. The van der Waals surface area contributed by atoms with Gasteiger partial charge in [0.05, 0.1) is 18.7 Å². The minimum atomic E-state index is 0.701. The van der Waals surface area contributed by atoms with Gasteiger partial charge in [-0.05, 0) is 18.6 Å². The normalized spacial score (nSPS) is 13.9. The maximum Gasteiger partial charge on any atom is 0.193 e. The zero-order valence-corrected chi connectivity index (χ0v) is 7.08. The molecular formula is C10H11NO. The lowest BCUT2D eigenvalue weighted by atomic mass is 10.1. The number of aliphatic imine (C=N–C) groups is 1. The van der Waals surface area contributed by atoms with Gasteiger partial charge in [0.2, 0.25) is 0 Å². The lowest BCUT2D eigenvalue weighted by molar-refractivity contribution is 0.322. The van der Waals surface area contributed by atoms with Crippen LogP contribution in [-0.2, 0) is 11.2 Å². The molecule has 0 atom stereocenters. The molecule has 2 rings (SSSR count). The Morgan fingerprint density at radius 2 is 2.25 bits per heavy atom. The lowest BCUT2D eigenvalue weighted by Crippen LogP contribution is -2.03. The fraction of sp³-hybridized carbons (Fsp3) is 0.300. The predicted molar refractivity (Wildman–Crippen MR) is 48.9 cm³/mol. The largest absolute Gasteiger partial charge is 0.481 e. The Labute approximate surface area is 71.9 Å². The molecule has 0 unspecified atom stereocenters. The van der Waals surface area contributed by atoms with Crippen LogP contribution in [0.5, 0.6) is 0 Å². The summed E-state index contributed by atoms with van der Waals surface area (Å²) in [6, 6.07) is 8.13. The maximum atomic E-state index is 5.34. The average molecular weight is 161 g/mol. The Morgan fingerprint density at radius 3 is 3.00 bits per heavy atom. The summed E-state index contributed by atoms with van der Waals surface area (Å²) in [6.45, 7) is 2.68. The monoisotopic (exact) mass is 161 g/mol. The van der Waals surface area contributed by atoms with Gasteiger partial charge in [0.15, 0.2) is 5.90 Å². The van der Waals surface area contributed by atoms with Gasteiger partial charge in [-0.2, -0.15) is 0 Å². The van der Waals surface area contributed by atoms with Gasteiger partial charge in [0.1, 0.15) is 0 Å². The van der Waals surface area contributed by atoms with Gasteiger partial charge < -0.3 is 4.74 Å². The van der Waals surface area contributed by atoms with Crippen LogP contribution in [-0.4, -0.2) is 12.5 Å². The number of nitrogens with zero attached hydrogens (tertiary/aromatic N) is 1. The van der Waals surface area contributed by atoms with E-state index in [0.717, 1.165) is 18.0 Å². The molecule has 1 aromatic carbocycles. The first-order valence-electron chi connectivity index (χ1n) is 4.18. The zero-order valence-electron chi connectivity index (χ0n) is 7.08. The Morgan fingerprint density at radius 1 is 1.42 bits per heavy atom. The second-order valence-corrected chi connectivity index (χ2v) is 2.74. The summed E-state index contributed by atoms with van der Waals surface area (Å²) >= 11 is 0. The third-order valence-corrected chi connectivity index (χ3v) is 1.89. The Balaban J connectivity index is 2.23. The van der Waals surface area contributed by atoms with E-state index in [-0.39, 0.29) is 0 Å². The first-order chi connectivity index (χ1) is 5.90. The Kier molecular flexibility index (Phi) is 1.82. The van der Waals surface area contributed by atoms with E-state index in [0.29, 0.717) is 6.61 Å². The maximum absolute atomic E-state index is 5.34. The van der Waals surface area contributed by atoms with Crippen molar-refractivity contribution in [2.24, 2.45) is 4.99 Å². The van der Waals surface area contributed by atoms with Gasteiger partial charge in [-0.3, -0.25) is 0 Å². The van der Waals surface area contributed by atoms with Crippen LogP contribution >= 0.6 is 0 Å². The quantitative estimate of drug-likeness (QED) is 0.619. The number of para-hydroxylation sites is 1. The summed E-state index contributed by atoms with van der Waals surface area (Å²) < 4.78 is 5.34. The van der Waals surface area contributed by atoms with Crippen molar-refractivity contribution in [3.05, 3.63) is 29.8 Å².